The van der Waals surface area contributed by atoms with E-state index in [1.54, 1.807) is 12.1 Å². The number of rotatable bonds is 8. The van der Waals surface area contributed by atoms with Crippen molar-refractivity contribution in [2.75, 3.05) is 25.6 Å². The standard InChI is InChI=1S/C13H20ClNO3S/c1-11-4-5-13(10-12(11)2)19(16,17)15-7-3-8-18-9-6-14/h4-5,10,15H,3,6-9H2,1-2H3. The van der Waals surface area contributed by atoms with Gasteiger partial charge in [0.15, 0.2) is 0 Å². The molecule has 0 aromatic heterocycles. The van der Waals surface area contributed by atoms with Crippen molar-refractivity contribution >= 4 is 21.6 Å². The van der Waals surface area contributed by atoms with Crippen molar-refractivity contribution in [1.82, 2.24) is 4.72 Å². The van der Waals surface area contributed by atoms with Crippen LogP contribution in [0.5, 0.6) is 0 Å². The Kier molecular flexibility index (Phi) is 6.79. The summed E-state index contributed by atoms with van der Waals surface area (Å²) in [7, 11) is -3.42. The fourth-order valence-corrected chi connectivity index (χ4v) is 2.77. The fourth-order valence-electron chi connectivity index (χ4n) is 1.50. The number of alkyl halides is 1. The summed E-state index contributed by atoms with van der Waals surface area (Å²) in [6, 6.07) is 5.11. The van der Waals surface area contributed by atoms with E-state index in [1.807, 2.05) is 19.9 Å². The Morgan fingerprint density at radius 2 is 1.95 bits per heavy atom. The van der Waals surface area contributed by atoms with E-state index in [9.17, 15) is 8.42 Å². The number of nitrogens with one attached hydrogen (secondary N) is 1. The Hall–Kier alpha value is -0.620. The molecule has 0 fully saturated rings. The molecule has 0 bridgehead atoms. The lowest BCUT2D eigenvalue weighted by Gasteiger charge is -2.08. The fraction of sp³-hybridized carbons (Fsp3) is 0.538. The average molecular weight is 306 g/mol. The second-order valence-corrected chi connectivity index (χ2v) is 6.44. The molecule has 0 aliphatic rings. The molecule has 1 rings (SSSR count). The van der Waals surface area contributed by atoms with Gasteiger partial charge in [-0.05, 0) is 43.5 Å². The molecule has 108 valence electrons. The van der Waals surface area contributed by atoms with Crippen molar-refractivity contribution in [1.29, 1.82) is 0 Å². The monoisotopic (exact) mass is 305 g/mol. The Balaban J connectivity index is 2.49. The number of halogens is 1. The molecule has 1 aromatic carbocycles. The molecule has 6 heteroatoms. The number of ether oxygens (including phenoxy) is 1. The number of hydrogen-bond donors (Lipinski definition) is 1. The van der Waals surface area contributed by atoms with Gasteiger partial charge in [-0.2, -0.15) is 0 Å². The van der Waals surface area contributed by atoms with E-state index in [0.29, 0.717) is 37.0 Å². The minimum atomic E-state index is -3.42. The van der Waals surface area contributed by atoms with Crippen LogP contribution >= 0.6 is 11.6 Å². The third-order valence-electron chi connectivity index (χ3n) is 2.77. The minimum absolute atomic E-state index is 0.303. The molecule has 19 heavy (non-hydrogen) atoms. The Morgan fingerprint density at radius 3 is 2.58 bits per heavy atom. The molecule has 0 heterocycles. The van der Waals surface area contributed by atoms with Crippen molar-refractivity contribution in [2.24, 2.45) is 0 Å². The van der Waals surface area contributed by atoms with Crippen LogP contribution in [0.3, 0.4) is 0 Å². The zero-order valence-electron chi connectivity index (χ0n) is 11.3. The van der Waals surface area contributed by atoms with Gasteiger partial charge in [0, 0.05) is 19.0 Å². The first-order valence-corrected chi connectivity index (χ1v) is 8.20. The van der Waals surface area contributed by atoms with Crippen molar-refractivity contribution in [2.45, 2.75) is 25.2 Å². The summed E-state index contributed by atoms with van der Waals surface area (Å²) in [5, 5.41) is 0. The van der Waals surface area contributed by atoms with Gasteiger partial charge in [0.1, 0.15) is 0 Å². The summed E-state index contributed by atoms with van der Waals surface area (Å²) >= 11 is 5.46. The van der Waals surface area contributed by atoms with Crippen LogP contribution in [-0.2, 0) is 14.8 Å². The molecule has 0 spiro atoms. The van der Waals surface area contributed by atoms with Crippen LogP contribution in [0.15, 0.2) is 23.1 Å². The number of benzene rings is 1. The molecule has 0 saturated carbocycles. The molecular weight excluding hydrogens is 286 g/mol. The van der Waals surface area contributed by atoms with Gasteiger partial charge in [0.2, 0.25) is 10.0 Å². The maximum Gasteiger partial charge on any atom is 0.240 e. The van der Waals surface area contributed by atoms with Crippen LogP contribution < -0.4 is 4.72 Å². The van der Waals surface area contributed by atoms with Gasteiger partial charge in [-0.1, -0.05) is 6.07 Å². The third kappa shape index (κ3) is 5.48. The molecule has 0 radical (unpaired) electrons. The summed E-state index contributed by atoms with van der Waals surface area (Å²) in [6.07, 6.45) is 0.626. The lowest BCUT2D eigenvalue weighted by molar-refractivity contribution is 0.147. The Morgan fingerprint density at radius 1 is 1.21 bits per heavy atom. The SMILES string of the molecule is Cc1ccc(S(=O)(=O)NCCCOCCCl)cc1C. The lowest BCUT2D eigenvalue weighted by Crippen LogP contribution is -2.25. The molecule has 0 amide bonds. The number of sulfonamides is 1. The highest BCUT2D eigenvalue weighted by Gasteiger charge is 2.13. The van der Waals surface area contributed by atoms with E-state index >= 15 is 0 Å². The van der Waals surface area contributed by atoms with Crippen LogP contribution in [-0.4, -0.2) is 34.1 Å². The lowest BCUT2D eigenvalue weighted by atomic mass is 10.1. The summed E-state index contributed by atoms with van der Waals surface area (Å²) in [5.74, 6) is 0.453. The first-order valence-electron chi connectivity index (χ1n) is 6.18. The zero-order chi connectivity index (χ0) is 14.3. The van der Waals surface area contributed by atoms with Gasteiger partial charge in [0.25, 0.3) is 0 Å². The van der Waals surface area contributed by atoms with E-state index in [0.717, 1.165) is 11.1 Å². The van der Waals surface area contributed by atoms with Crippen LogP contribution in [0, 0.1) is 13.8 Å². The van der Waals surface area contributed by atoms with Crippen molar-refractivity contribution in [3.63, 3.8) is 0 Å². The van der Waals surface area contributed by atoms with E-state index in [2.05, 4.69) is 4.72 Å². The van der Waals surface area contributed by atoms with Gasteiger partial charge in [-0.25, -0.2) is 13.1 Å². The maximum atomic E-state index is 12.0. The summed E-state index contributed by atoms with van der Waals surface area (Å²) in [4.78, 5) is 0.303. The molecule has 0 aliphatic carbocycles. The normalized spacial score (nSPS) is 11.7. The van der Waals surface area contributed by atoms with Gasteiger partial charge in [0.05, 0.1) is 11.5 Å². The first kappa shape index (κ1) is 16.4. The van der Waals surface area contributed by atoms with Gasteiger partial charge in [-0.3, -0.25) is 0 Å². The second-order valence-electron chi connectivity index (χ2n) is 4.30. The summed E-state index contributed by atoms with van der Waals surface area (Å²) in [5.41, 5.74) is 2.04. The first-order chi connectivity index (χ1) is 8.97. The predicted octanol–water partition coefficient (Wildman–Crippen LogP) is 2.23. The molecule has 0 atom stereocenters. The predicted molar refractivity (Wildman–Crippen MR) is 77.3 cm³/mol. The average Bonchev–Trinajstić information content (AvgIpc) is 2.36. The van der Waals surface area contributed by atoms with Gasteiger partial charge < -0.3 is 4.74 Å². The van der Waals surface area contributed by atoms with Gasteiger partial charge in [-0.15, -0.1) is 11.6 Å². The Bertz CT molecular complexity index is 503. The molecule has 4 nitrogen and oxygen atoms in total. The van der Waals surface area contributed by atoms with E-state index < -0.39 is 10.0 Å². The molecule has 0 saturated heterocycles. The molecule has 0 unspecified atom stereocenters. The molecule has 0 aliphatic heterocycles. The summed E-state index contributed by atoms with van der Waals surface area (Å²) in [6.45, 7) is 5.20. The second kappa shape index (κ2) is 7.85. The van der Waals surface area contributed by atoms with Crippen molar-refractivity contribution in [3.8, 4) is 0 Å². The number of aryl methyl sites for hydroxylation is 2. The zero-order valence-corrected chi connectivity index (χ0v) is 12.9. The minimum Gasteiger partial charge on any atom is -0.380 e. The van der Waals surface area contributed by atoms with Crippen LogP contribution in [0.4, 0.5) is 0 Å². The molecular formula is C13H20ClNO3S. The highest BCUT2D eigenvalue weighted by Crippen LogP contribution is 2.14. The van der Waals surface area contributed by atoms with Crippen LogP contribution in [0.1, 0.15) is 17.5 Å². The van der Waals surface area contributed by atoms with Crippen LogP contribution in [0.2, 0.25) is 0 Å². The summed E-state index contributed by atoms with van der Waals surface area (Å²) < 4.78 is 31.8. The third-order valence-corrected chi connectivity index (χ3v) is 4.38. The quantitative estimate of drug-likeness (QED) is 0.592. The van der Waals surface area contributed by atoms with E-state index in [4.69, 9.17) is 16.3 Å². The highest BCUT2D eigenvalue weighted by molar-refractivity contribution is 7.89. The van der Waals surface area contributed by atoms with Gasteiger partial charge >= 0.3 is 0 Å². The molecule has 1 aromatic rings. The van der Waals surface area contributed by atoms with Crippen LogP contribution in [0.25, 0.3) is 0 Å². The van der Waals surface area contributed by atoms with E-state index in [-0.39, 0.29) is 0 Å². The smallest absolute Gasteiger partial charge is 0.240 e. The van der Waals surface area contributed by atoms with E-state index in [1.165, 1.54) is 0 Å². The highest BCUT2D eigenvalue weighted by atomic mass is 35.5. The Labute approximate surface area is 120 Å². The largest absolute Gasteiger partial charge is 0.380 e. The topological polar surface area (TPSA) is 55.4 Å². The van der Waals surface area contributed by atoms with Crippen molar-refractivity contribution < 1.29 is 13.2 Å². The molecule has 1 N–H and O–H groups in total. The number of hydrogen-bond acceptors (Lipinski definition) is 3. The van der Waals surface area contributed by atoms with Crippen molar-refractivity contribution in [3.05, 3.63) is 29.3 Å². The maximum absolute atomic E-state index is 12.0.